The molecule has 3 amide bonds. The Kier molecular flexibility index (Phi) is 6.21. The monoisotopic (exact) mass is 495 g/mol. The third-order valence-electron chi connectivity index (χ3n) is 4.87. The van der Waals surface area contributed by atoms with Gasteiger partial charge in [0, 0.05) is 24.1 Å². The molecule has 30 heavy (non-hydrogen) atoms. The van der Waals surface area contributed by atoms with Gasteiger partial charge in [-0.05, 0) is 37.3 Å². The highest BCUT2D eigenvalue weighted by molar-refractivity contribution is 9.10. The first-order chi connectivity index (χ1) is 14.1. The van der Waals surface area contributed by atoms with Gasteiger partial charge in [0.05, 0.1) is 11.4 Å². The lowest BCUT2D eigenvalue weighted by Crippen LogP contribution is -2.41. The summed E-state index contributed by atoms with van der Waals surface area (Å²) in [5, 5.41) is 2.75. The molecular weight excluding hydrogens is 474 g/mol. The van der Waals surface area contributed by atoms with Gasteiger partial charge in [-0.3, -0.25) is 9.69 Å². The normalized spacial score (nSPS) is 19.3. The summed E-state index contributed by atoms with van der Waals surface area (Å²) >= 11 is 3.43. The van der Waals surface area contributed by atoms with E-state index >= 15 is 0 Å². The van der Waals surface area contributed by atoms with Crippen molar-refractivity contribution in [3.05, 3.63) is 58.6 Å². The minimum absolute atomic E-state index is 0.0580. The van der Waals surface area contributed by atoms with E-state index in [1.807, 2.05) is 12.1 Å². The number of amides is 3. The number of hydrogen-bond acceptors (Lipinski definition) is 5. The van der Waals surface area contributed by atoms with Crippen molar-refractivity contribution in [1.82, 2.24) is 14.5 Å². The van der Waals surface area contributed by atoms with Crippen molar-refractivity contribution in [3.63, 3.8) is 0 Å². The molecule has 0 aromatic heterocycles. The van der Waals surface area contributed by atoms with E-state index in [0.29, 0.717) is 11.3 Å². The molecular formula is C20H22BrN3O5S. The van der Waals surface area contributed by atoms with E-state index < -0.39 is 21.6 Å². The number of imide groups is 1. The Balaban J connectivity index is 1.65. The van der Waals surface area contributed by atoms with Crippen LogP contribution in [0.3, 0.4) is 0 Å². The number of sulfonamides is 1. The van der Waals surface area contributed by atoms with Crippen molar-refractivity contribution in [3.8, 4) is 5.75 Å². The Hall–Kier alpha value is -2.43. The number of rotatable bonds is 7. The molecule has 10 heteroatoms. The second-order valence-electron chi connectivity index (χ2n) is 7.10. The number of carbonyl (C=O) groups excluding carboxylic acids is 2. The van der Waals surface area contributed by atoms with Crippen LogP contribution < -0.4 is 10.1 Å². The molecule has 160 valence electrons. The number of nitrogens with one attached hydrogen (secondary N) is 1. The molecule has 1 N–H and O–H groups in total. The Morgan fingerprint density at radius 3 is 2.33 bits per heavy atom. The van der Waals surface area contributed by atoms with Gasteiger partial charge in [0.15, 0.2) is 0 Å². The van der Waals surface area contributed by atoms with E-state index in [0.717, 1.165) is 13.7 Å². The maximum Gasteiger partial charge on any atom is 0.325 e. The van der Waals surface area contributed by atoms with Crippen molar-refractivity contribution in [2.75, 3.05) is 27.2 Å². The number of hydrogen-bond donors (Lipinski definition) is 1. The Bertz CT molecular complexity index is 1070. The van der Waals surface area contributed by atoms with Crippen LogP contribution in [0.1, 0.15) is 12.5 Å². The largest absolute Gasteiger partial charge is 0.492 e. The summed E-state index contributed by atoms with van der Waals surface area (Å²) in [5.41, 5.74) is -0.497. The first-order valence-corrected chi connectivity index (χ1v) is 11.3. The van der Waals surface area contributed by atoms with Crippen LogP contribution in [0.15, 0.2) is 57.9 Å². The summed E-state index contributed by atoms with van der Waals surface area (Å²) in [6.07, 6.45) is 0. The molecule has 1 aliphatic heterocycles. The topological polar surface area (TPSA) is 96.0 Å². The van der Waals surface area contributed by atoms with Gasteiger partial charge in [-0.25, -0.2) is 17.5 Å². The number of nitrogens with zero attached hydrogens (tertiary/aromatic N) is 2. The number of carbonyl (C=O) groups is 2. The smallest absolute Gasteiger partial charge is 0.325 e. The second-order valence-corrected chi connectivity index (χ2v) is 10.1. The minimum Gasteiger partial charge on any atom is -0.492 e. The average Bonchev–Trinajstić information content (AvgIpc) is 2.92. The average molecular weight is 496 g/mol. The molecule has 1 heterocycles. The summed E-state index contributed by atoms with van der Waals surface area (Å²) in [7, 11) is -0.601. The van der Waals surface area contributed by atoms with Crippen LogP contribution in [0.4, 0.5) is 4.79 Å². The maximum absolute atomic E-state index is 12.9. The van der Waals surface area contributed by atoms with E-state index in [1.54, 1.807) is 19.1 Å². The summed E-state index contributed by atoms with van der Waals surface area (Å²) in [5.74, 6) is 0.0729. The first kappa shape index (κ1) is 22.3. The van der Waals surface area contributed by atoms with Gasteiger partial charge in [0.25, 0.3) is 5.91 Å². The molecule has 2 aromatic carbocycles. The van der Waals surface area contributed by atoms with Gasteiger partial charge < -0.3 is 10.1 Å². The van der Waals surface area contributed by atoms with Crippen molar-refractivity contribution < 1.29 is 22.7 Å². The molecule has 3 rings (SSSR count). The minimum atomic E-state index is -3.52. The Morgan fingerprint density at radius 2 is 1.73 bits per heavy atom. The molecule has 0 aliphatic carbocycles. The van der Waals surface area contributed by atoms with E-state index in [9.17, 15) is 18.0 Å². The molecule has 0 spiro atoms. The molecule has 0 radical (unpaired) electrons. The van der Waals surface area contributed by atoms with E-state index in [1.165, 1.54) is 38.4 Å². The highest BCUT2D eigenvalue weighted by Gasteiger charge is 2.49. The zero-order chi connectivity index (χ0) is 22.1. The fraction of sp³-hybridized carbons (Fsp3) is 0.300. The number of halogens is 1. The van der Waals surface area contributed by atoms with Gasteiger partial charge in [-0.2, -0.15) is 0 Å². The van der Waals surface area contributed by atoms with Crippen molar-refractivity contribution in [2.24, 2.45) is 0 Å². The van der Waals surface area contributed by atoms with Crippen LogP contribution in [0.25, 0.3) is 0 Å². The summed E-state index contributed by atoms with van der Waals surface area (Å²) < 4.78 is 31.7. The highest BCUT2D eigenvalue weighted by Crippen LogP contribution is 2.33. The van der Waals surface area contributed by atoms with Crippen molar-refractivity contribution in [2.45, 2.75) is 17.4 Å². The molecule has 2 aromatic rings. The predicted octanol–water partition coefficient (Wildman–Crippen LogP) is 2.55. The molecule has 1 saturated heterocycles. The van der Waals surface area contributed by atoms with Gasteiger partial charge in [0.1, 0.15) is 17.9 Å². The van der Waals surface area contributed by atoms with Gasteiger partial charge >= 0.3 is 6.03 Å². The van der Waals surface area contributed by atoms with Crippen LogP contribution >= 0.6 is 15.9 Å². The highest BCUT2D eigenvalue weighted by atomic mass is 79.9. The SMILES string of the molecule is CN(C)S(=O)(=O)c1ccc(OCCN2C(=O)N[C@@](C)(c3ccccc3Br)C2=O)cc1. The third kappa shape index (κ3) is 4.07. The van der Waals surface area contributed by atoms with Crippen molar-refractivity contribution in [1.29, 1.82) is 0 Å². The second kappa shape index (κ2) is 8.37. The zero-order valence-corrected chi connectivity index (χ0v) is 19.2. The van der Waals surface area contributed by atoms with Crippen LogP contribution in [0.5, 0.6) is 5.75 Å². The van der Waals surface area contributed by atoms with Crippen LogP contribution in [-0.2, 0) is 20.4 Å². The lowest BCUT2D eigenvalue weighted by Gasteiger charge is -2.23. The third-order valence-corrected chi connectivity index (χ3v) is 7.39. The van der Waals surface area contributed by atoms with Crippen molar-refractivity contribution >= 4 is 37.9 Å². The zero-order valence-electron chi connectivity index (χ0n) is 16.8. The van der Waals surface area contributed by atoms with Crippen LogP contribution in [-0.4, -0.2) is 56.8 Å². The van der Waals surface area contributed by atoms with Gasteiger partial charge in [0.2, 0.25) is 10.0 Å². The number of benzene rings is 2. The van der Waals surface area contributed by atoms with E-state index in [2.05, 4.69) is 21.2 Å². The molecule has 0 saturated carbocycles. The molecule has 1 fully saturated rings. The van der Waals surface area contributed by atoms with E-state index in [-0.39, 0.29) is 24.0 Å². The Labute approximate surface area is 184 Å². The summed E-state index contributed by atoms with van der Waals surface area (Å²) in [6, 6.07) is 12.7. The molecule has 0 unspecified atom stereocenters. The van der Waals surface area contributed by atoms with Crippen LogP contribution in [0.2, 0.25) is 0 Å². The van der Waals surface area contributed by atoms with Gasteiger partial charge in [-0.15, -0.1) is 0 Å². The molecule has 1 aliphatic rings. The number of urea groups is 1. The van der Waals surface area contributed by atoms with E-state index in [4.69, 9.17) is 4.74 Å². The quantitative estimate of drug-likeness (QED) is 0.595. The summed E-state index contributed by atoms with van der Waals surface area (Å²) in [6.45, 7) is 1.80. The van der Waals surface area contributed by atoms with Gasteiger partial charge in [-0.1, -0.05) is 34.1 Å². The lowest BCUT2D eigenvalue weighted by atomic mass is 9.92. The fourth-order valence-electron chi connectivity index (χ4n) is 3.12. The predicted molar refractivity (Wildman–Crippen MR) is 115 cm³/mol. The Morgan fingerprint density at radius 1 is 1.10 bits per heavy atom. The first-order valence-electron chi connectivity index (χ1n) is 9.12. The van der Waals surface area contributed by atoms with Crippen LogP contribution in [0, 0.1) is 0 Å². The fourth-order valence-corrected chi connectivity index (χ4v) is 4.71. The molecule has 8 nitrogen and oxygen atoms in total. The maximum atomic E-state index is 12.9. The lowest BCUT2D eigenvalue weighted by molar-refractivity contribution is -0.131. The summed E-state index contributed by atoms with van der Waals surface area (Å²) in [4.78, 5) is 26.6. The number of ether oxygens (including phenoxy) is 1. The molecule has 1 atom stereocenters. The standard InChI is InChI=1S/C20H22BrN3O5S/c1-20(16-6-4-5-7-17(16)21)18(25)24(19(26)22-20)12-13-29-14-8-10-15(11-9-14)30(27,28)23(2)3/h4-11H,12-13H2,1-3H3,(H,22,26)/t20-/m0/s1. The molecule has 0 bridgehead atoms.